The summed E-state index contributed by atoms with van der Waals surface area (Å²) in [6.07, 6.45) is 0. The quantitative estimate of drug-likeness (QED) is 0.625. The van der Waals surface area contributed by atoms with E-state index < -0.39 is 0 Å². The van der Waals surface area contributed by atoms with Crippen molar-refractivity contribution in [2.45, 2.75) is 20.0 Å². The van der Waals surface area contributed by atoms with Gasteiger partial charge in [0.1, 0.15) is 0 Å². The SMILES string of the molecule is Cc1ccc(CN2CCN(Cc3ccccc3[N+](=O)[O-])CC2)cc1. The molecule has 0 amide bonds. The monoisotopic (exact) mass is 325 g/mol. The molecule has 5 nitrogen and oxygen atoms in total. The lowest BCUT2D eigenvalue weighted by atomic mass is 10.1. The van der Waals surface area contributed by atoms with Crippen LogP contribution >= 0.6 is 0 Å². The van der Waals surface area contributed by atoms with E-state index in [1.165, 1.54) is 11.1 Å². The minimum absolute atomic E-state index is 0.222. The first-order chi connectivity index (χ1) is 11.6. The van der Waals surface area contributed by atoms with Crippen molar-refractivity contribution in [3.8, 4) is 0 Å². The van der Waals surface area contributed by atoms with Crippen LogP contribution in [-0.4, -0.2) is 40.9 Å². The van der Waals surface area contributed by atoms with Crippen LogP contribution in [0.25, 0.3) is 0 Å². The van der Waals surface area contributed by atoms with Gasteiger partial charge in [0.05, 0.1) is 4.92 Å². The first-order valence-electron chi connectivity index (χ1n) is 8.34. The molecule has 126 valence electrons. The molecule has 0 saturated carbocycles. The van der Waals surface area contributed by atoms with Gasteiger partial charge in [0.25, 0.3) is 5.69 Å². The number of hydrogen-bond donors (Lipinski definition) is 0. The summed E-state index contributed by atoms with van der Waals surface area (Å²) in [4.78, 5) is 15.6. The van der Waals surface area contributed by atoms with E-state index in [1.807, 2.05) is 12.1 Å². The maximum absolute atomic E-state index is 11.1. The Balaban J connectivity index is 1.54. The summed E-state index contributed by atoms with van der Waals surface area (Å²) in [5.74, 6) is 0. The zero-order valence-corrected chi connectivity index (χ0v) is 14.0. The zero-order chi connectivity index (χ0) is 16.9. The van der Waals surface area contributed by atoms with Gasteiger partial charge in [-0.25, -0.2) is 0 Å². The first kappa shape index (κ1) is 16.6. The summed E-state index contributed by atoms with van der Waals surface area (Å²) >= 11 is 0. The Hall–Kier alpha value is -2.24. The number of para-hydroxylation sites is 1. The van der Waals surface area contributed by atoms with Gasteiger partial charge in [-0.15, -0.1) is 0 Å². The zero-order valence-electron chi connectivity index (χ0n) is 14.0. The van der Waals surface area contributed by atoms with Crippen LogP contribution in [0, 0.1) is 17.0 Å². The number of hydrogen-bond acceptors (Lipinski definition) is 4. The molecule has 5 heteroatoms. The molecule has 1 aliphatic heterocycles. The standard InChI is InChI=1S/C19H23N3O2/c1-16-6-8-17(9-7-16)14-20-10-12-21(13-11-20)15-18-4-2-3-5-19(18)22(23)24/h2-9H,10-15H2,1H3. The Morgan fingerprint density at radius 3 is 2.12 bits per heavy atom. The van der Waals surface area contributed by atoms with Gasteiger partial charge in [-0.2, -0.15) is 0 Å². The number of benzene rings is 2. The highest BCUT2D eigenvalue weighted by Gasteiger charge is 2.20. The van der Waals surface area contributed by atoms with Crippen molar-refractivity contribution in [1.29, 1.82) is 0 Å². The molecule has 0 radical (unpaired) electrons. The Bertz CT molecular complexity index is 692. The van der Waals surface area contributed by atoms with E-state index >= 15 is 0 Å². The predicted octanol–water partition coefficient (Wildman–Crippen LogP) is 3.22. The van der Waals surface area contributed by atoms with Gasteiger partial charge in [0.15, 0.2) is 0 Å². The molecule has 1 heterocycles. The van der Waals surface area contributed by atoms with E-state index in [0.29, 0.717) is 6.54 Å². The number of piperazine rings is 1. The summed E-state index contributed by atoms with van der Waals surface area (Å²) in [5, 5.41) is 11.1. The Morgan fingerprint density at radius 1 is 0.917 bits per heavy atom. The maximum atomic E-state index is 11.1. The molecule has 1 saturated heterocycles. The average molecular weight is 325 g/mol. The molecule has 2 aromatic carbocycles. The fourth-order valence-electron chi connectivity index (χ4n) is 3.12. The highest BCUT2D eigenvalue weighted by atomic mass is 16.6. The minimum atomic E-state index is -0.289. The van der Waals surface area contributed by atoms with Gasteiger partial charge in [0, 0.05) is 50.9 Å². The summed E-state index contributed by atoms with van der Waals surface area (Å²) in [5.41, 5.74) is 3.65. The van der Waals surface area contributed by atoms with E-state index in [1.54, 1.807) is 12.1 Å². The Kier molecular flexibility index (Phi) is 5.23. The topological polar surface area (TPSA) is 49.6 Å². The van der Waals surface area contributed by atoms with Gasteiger partial charge in [-0.3, -0.25) is 19.9 Å². The normalized spacial score (nSPS) is 16.2. The summed E-state index contributed by atoms with van der Waals surface area (Å²) < 4.78 is 0. The molecule has 0 atom stereocenters. The predicted molar refractivity (Wildman–Crippen MR) is 94.8 cm³/mol. The summed E-state index contributed by atoms with van der Waals surface area (Å²) in [6, 6.07) is 15.7. The molecule has 1 fully saturated rings. The molecule has 0 aliphatic carbocycles. The largest absolute Gasteiger partial charge is 0.297 e. The third-order valence-corrected chi connectivity index (χ3v) is 4.57. The average Bonchev–Trinajstić information content (AvgIpc) is 2.59. The lowest BCUT2D eigenvalue weighted by Gasteiger charge is -2.34. The van der Waals surface area contributed by atoms with E-state index in [2.05, 4.69) is 41.0 Å². The molecule has 1 aliphatic rings. The van der Waals surface area contributed by atoms with Crippen LogP contribution in [0.5, 0.6) is 0 Å². The molecular weight excluding hydrogens is 302 g/mol. The third kappa shape index (κ3) is 4.19. The van der Waals surface area contributed by atoms with E-state index in [0.717, 1.165) is 38.3 Å². The number of nitrogens with zero attached hydrogens (tertiary/aromatic N) is 3. The highest BCUT2D eigenvalue weighted by molar-refractivity contribution is 5.39. The highest BCUT2D eigenvalue weighted by Crippen LogP contribution is 2.20. The van der Waals surface area contributed by atoms with Crippen molar-refractivity contribution in [3.05, 3.63) is 75.3 Å². The van der Waals surface area contributed by atoms with Crippen molar-refractivity contribution >= 4 is 5.69 Å². The van der Waals surface area contributed by atoms with Crippen molar-refractivity contribution in [2.24, 2.45) is 0 Å². The van der Waals surface area contributed by atoms with Crippen LogP contribution in [0.1, 0.15) is 16.7 Å². The van der Waals surface area contributed by atoms with E-state index in [9.17, 15) is 10.1 Å². The summed E-state index contributed by atoms with van der Waals surface area (Å²) in [7, 11) is 0. The lowest BCUT2D eigenvalue weighted by Crippen LogP contribution is -2.45. The molecule has 0 spiro atoms. The van der Waals surface area contributed by atoms with Crippen LogP contribution < -0.4 is 0 Å². The van der Waals surface area contributed by atoms with E-state index in [4.69, 9.17) is 0 Å². The Morgan fingerprint density at radius 2 is 1.50 bits per heavy atom. The molecular formula is C19H23N3O2. The molecule has 3 rings (SSSR count). The third-order valence-electron chi connectivity index (χ3n) is 4.57. The molecule has 0 unspecified atom stereocenters. The van der Waals surface area contributed by atoms with Gasteiger partial charge in [-0.05, 0) is 12.5 Å². The maximum Gasteiger partial charge on any atom is 0.273 e. The van der Waals surface area contributed by atoms with Gasteiger partial charge in [0.2, 0.25) is 0 Å². The van der Waals surface area contributed by atoms with Crippen LogP contribution in [0.15, 0.2) is 48.5 Å². The van der Waals surface area contributed by atoms with Gasteiger partial charge < -0.3 is 0 Å². The van der Waals surface area contributed by atoms with Crippen molar-refractivity contribution in [1.82, 2.24) is 9.80 Å². The van der Waals surface area contributed by atoms with Crippen LogP contribution in [0.2, 0.25) is 0 Å². The number of aryl methyl sites for hydroxylation is 1. The lowest BCUT2D eigenvalue weighted by molar-refractivity contribution is -0.385. The Labute approximate surface area is 142 Å². The number of nitro benzene ring substituents is 1. The van der Waals surface area contributed by atoms with Crippen molar-refractivity contribution in [3.63, 3.8) is 0 Å². The van der Waals surface area contributed by atoms with Gasteiger partial charge >= 0.3 is 0 Å². The van der Waals surface area contributed by atoms with Crippen molar-refractivity contribution in [2.75, 3.05) is 26.2 Å². The minimum Gasteiger partial charge on any atom is -0.297 e. The van der Waals surface area contributed by atoms with Crippen LogP contribution in [0.3, 0.4) is 0 Å². The fourth-order valence-corrected chi connectivity index (χ4v) is 3.12. The summed E-state index contributed by atoms with van der Waals surface area (Å²) in [6.45, 7) is 7.60. The van der Waals surface area contributed by atoms with Crippen LogP contribution in [-0.2, 0) is 13.1 Å². The first-order valence-corrected chi connectivity index (χ1v) is 8.34. The fraction of sp³-hybridized carbons (Fsp3) is 0.368. The van der Waals surface area contributed by atoms with Crippen LogP contribution in [0.4, 0.5) is 5.69 Å². The molecule has 24 heavy (non-hydrogen) atoms. The second-order valence-electron chi connectivity index (χ2n) is 6.42. The number of nitro groups is 1. The molecule has 0 N–H and O–H groups in total. The number of rotatable bonds is 5. The smallest absolute Gasteiger partial charge is 0.273 e. The molecule has 0 bridgehead atoms. The second kappa shape index (κ2) is 7.55. The van der Waals surface area contributed by atoms with Gasteiger partial charge in [-0.1, -0.05) is 48.0 Å². The van der Waals surface area contributed by atoms with Crippen molar-refractivity contribution < 1.29 is 4.92 Å². The molecule has 0 aromatic heterocycles. The molecule has 2 aromatic rings. The second-order valence-corrected chi connectivity index (χ2v) is 6.42. The van der Waals surface area contributed by atoms with E-state index in [-0.39, 0.29) is 10.6 Å².